The van der Waals surface area contributed by atoms with Crippen LogP contribution >= 0.6 is 0 Å². The van der Waals surface area contributed by atoms with E-state index in [2.05, 4.69) is 22.2 Å². The van der Waals surface area contributed by atoms with Crippen LogP contribution in [-0.2, 0) is 11.2 Å². The lowest BCUT2D eigenvalue weighted by atomic mass is 10.2. The fraction of sp³-hybridized carbons (Fsp3) is 0.667. The zero-order chi connectivity index (χ0) is 15.8. The first kappa shape index (κ1) is 17.2. The maximum absolute atomic E-state index is 11.3. The number of rotatable bonds is 9. The van der Waals surface area contributed by atoms with Crippen molar-refractivity contribution in [2.45, 2.75) is 47.0 Å². The molecule has 3 N–H and O–H groups in total. The quantitative estimate of drug-likeness (QED) is 0.726. The number of nitrogens with zero attached hydrogens (tertiary/aromatic N) is 3. The molecule has 1 aromatic rings. The summed E-state index contributed by atoms with van der Waals surface area (Å²) in [4.78, 5) is 22.4. The summed E-state index contributed by atoms with van der Waals surface area (Å²) in [5.41, 5.74) is 6.34. The summed E-state index contributed by atoms with van der Waals surface area (Å²) < 4.78 is 0. The normalized spacial score (nSPS) is 10.5. The van der Waals surface area contributed by atoms with Gasteiger partial charge in [0, 0.05) is 25.1 Å². The van der Waals surface area contributed by atoms with Gasteiger partial charge in [-0.25, -0.2) is 9.97 Å². The van der Waals surface area contributed by atoms with E-state index in [4.69, 9.17) is 5.73 Å². The summed E-state index contributed by atoms with van der Waals surface area (Å²) >= 11 is 0. The predicted octanol–water partition coefficient (Wildman–Crippen LogP) is 1.87. The molecule has 0 unspecified atom stereocenters. The Hall–Kier alpha value is -1.85. The van der Waals surface area contributed by atoms with Gasteiger partial charge in [0.2, 0.25) is 5.91 Å². The number of nitrogens with one attached hydrogen (secondary N) is 1. The highest BCUT2D eigenvalue weighted by Crippen LogP contribution is 2.24. The second-order valence-corrected chi connectivity index (χ2v) is 5.06. The van der Waals surface area contributed by atoms with Crippen LogP contribution in [0, 0.1) is 6.92 Å². The standard InChI is InChI=1S/C15H27N5O/c1-5-8-9-20(10-12(16)21)15-11(4)14(17-7-3)18-13(6-2)19-15/h5-10H2,1-4H3,(H2,16,21)(H,17,18,19). The average Bonchev–Trinajstić information content (AvgIpc) is 2.45. The lowest BCUT2D eigenvalue weighted by molar-refractivity contribution is -0.116. The summed E-state index contributed by atoms with van der Waals surface area (Å²) in [7, 11) is 0. The van der Waals surface area contributed by atoms with E-state index in [1.165, 1.54) is 0 Å². The highest BCUT2D eigenvalue weighted by atomic mass is 16.1. The van der Waals surface area contributed by atoms with Crippen LogP contribution in [-0.4, -0.2) is 35.5 Å². The van der Waals surface area contributed by atoms with Crippen LogP contribution in [0.3, 0.4) is 0 Å². The first-order chi connectivity index (χ1) is 10.0. The van der Waals surface area contributed by atoms with Crippen molar-refractivity contribution in [1.29, 1.82) is 0 Å². The smallest absolute Gasteiger partial charge is 0.236 e. The summed E-state index contributed by atoms with van der Waals surface area (Å²) in [6.45, 7) is 9.91. The topological polar surface area (TPSA) is 84.1 Å². The molecule has 0 radical (unpaired) electrons. The second kappa shape index (κ2) is 8.44. The van der Waals surface area contributed by atoms with E-state index >= 15 is 0 Å². The fourth-order valence-corrected chi connectivity index (χ4v) is 2.15. The molecular weight excluding hydrogens is 266 g/mol. The van der Waals surface area contributed by atoms with Crippen molar-refractivity contribution in [3.05, 3.63) is 11.4 Å². The van der Waals surface area contributed by atoms with E-state index in [1.807, 2.05) is 25.7 Å². The third-order valence-electron chi connectivity index (χ3n) is 3.25. The Balaban J connectivity index is 3.20. The van der Waals surface area contributed by atoms with Gasteiger partial charge in [0.05, 0.1) is 6.54 Å². The molecule has 1 aromatic heterocycles. The molecule has 118 valence electrons. The molecule has 1 heterocycles. The van der Waals surface area contributed by atoms with Crippen molar-refractivity contribution in [2.24, 2.45) is 5.73 Å². The Morgan fingerprint density at radius 1 is 1.29 bits per heavy atom. The van der Waals surface area contributed by atoms with Crippen LogP contribution in [0.4, 0.5) is 11.6 Å². The summed E-state index contributed by atoms with van der Waals surface area (Å²) in [5, 5.41) is 3.26. The Kier molecular flexibility index (Phi) is 6.91. The molecule has 6 nitrogen and oxygen atoms in total. The fourth-order valence-electron chi connectivity index (χ4n) is 2.15. The van der Waals surface area contributed by atoms with Gasteiger partial charge in [-0.1, -0.05) is 20.3 Å². The van der Waals surface area contributed by atoms with Gasteiger partial charge in [0.1, 0.15) is 17.5 Å². The molecule has 0 bridgehead atoms. The number of hydrogen-bond donors (Lipinski definition) is 2. The van der Waals surface area contributed by atoms with Gasteiger partial charge in [-0.2, -0.15) is 0 Å². The highest BCUT2D eigenvalue weighted by molar-refractivity contribution is 5.79. The zero-order valence-corrected chi connectivity index (χ0v) is 13.6. The number of amides is 1. The molecule has 1 rings (SSSR count). The number of unbranched alkanes of at least 4 members (excludes halogenated alkanes) is 1. The van der Waals surface area contributed by atoms with Crippen LogP contribution in [0.2, 0.25) is 0 Å². The number of primary amides is 1. The molecule has 0 saturated heterocycles. The van der Waals surface area contributed by atoms with Crippen LogP contribution in [0.1, 0.15) is 45.0 Å². The van der Waals surface area contributed by atoms with Crippen molar-refractivity contribution in [2.75, 3.05) is 29.9 Å². The minimum Gasteiger partial charge on any atom is -0.370 e. The summed E-state index contributed by atoms with van der Waals surface area (Å²) in [6.07, 6.45) is 2.80. The van der Waals surface area contributed by atoms with Crippen LogP contribution in [0.5, 0.6) is 0 Å². The third kappa shape index (κ3) is 4.88. The van der Waals surface area contributed by atoms with Crippen molar-refractivity contribution < 1.29 is 4.79 Å². The molecule has 0 aliphatic heterocycles. The maximum Gasteiger partial charge on any atom is 0.236 e. The molecule has 0 atom stereocenters. The minimum absolute atomic E-state index is 0.187. The molecule has 0 saturated carbocycles. The number of nitrogens with two attached hydrogens (primary N) is 1. The van der Waals surface area contributed by atoms with Crippen LogP contribution in [0.25, 0.3) is 0 Å². The zero-order valence-electron chi connectivity index (χ0n) is 13.6. The van der Waals surface area contributed by atoms with E-state index in [9.17, 15) is 4.79 Å². The number of carbonyl (C=O) groups excluding carboxylic acids is 1. The number of hydrogen-bond acceptors (Lipinski definition) is 5. The first-order valence-electron chi connectivity index (χ1n) is 7.68. The van der Waals surface area contributed by atoms with E-state index in [0.717, 1.165) is 55.4 Å². The Morgan fingerprint density at radius 3 is 2.52 bits per heavy atom. The molecule has 0 spiro atoms. The van der Waals surface area contributed by atoms with Gasteiger partial charge in [0.25, 0.3) is 0 Å². The number of anilines is 2. The first-order valence-corrected chi connectivity index (χ1v) is 7.68. The molecule has 21 heavy (non-hydrogen) atoms. The maximum atomic E-state index is 11.3. The van der Waals surface area contributed by atoms with Gasteiger partial charge in [-0.15, -0.1) is 0 Å². The van der Waals surface area contributed by atoms with Crippen molar-refractivity contribution in [1.82, 2.24) is 9.97 Å². The summed E-state index contributed by atoms with van der Waals surface area (Å²) in [6, 6.07) is 0. The van der Waals surface area contributed by atoms with E-state index < -0.39 is 0 Å². The van der Waals surface area contributed by atoms with E-state index in [1.54, 1.807) is 0 Å². The van der Waals surface area contributed by atoms with E-state index in [-0.39, 0.29) is 12.5 Å². The SMILES string of the molecule is CCCCN(CC(N)=O)c1nc(CC)nc(NCC)c1C. The second-order valence-electron chi connectivity index (χ2n) is 5.06. The predicted molar refractivity (Wildman–Crippen MR) is 86.6 cm³/mol. The van der Waals surface area contributed by atoms with Gasteiger partial charge in [-0.3, -0.25) is 4.79 Å². The van der Waals surface area contributed by atoms with Gasteiger partial charge in [-0.05, 0) is 20.3 Å². The minimum atomic E-state index is -0.341. The molecule has 0 aliphatic rings. The molecular formula is C15H27N5O. The van der Waals surface area contributed by atoms with Crippen molar-refractivity contribution in [3.63, 3.8) is 0 Å². The Morgan fingerprint density at radius 2 is 2.00 bits per heavy atom. The van der Waals surface area contributed by atoms with Gasteiger partial charge < -0.3 is 16.0 Å². The number of aromatic nitrogens is 2. The number of carbonyl (C=O) groups is 1. The molecule has 0 fully saturated rings. The van der Waals surface area contributed by atoms with Crippen molar-refractivity contribution >= 4 is 17.5 Å². The molecule has 0 aromatic carbocycles. The molecule has 1 amide bonds. The Labute approximate surface area is 127 Å². The van der Waals surface area contributed by atoms with Gasteiger partial charge in [0.15, 0.2) is 0 Å². The van der Waals surface area contributed by atoms with Crippen molar-refractivity contribution in [3.8, 4) is 0 Å². The largest absolute Gasteiger partial charge is 0.370 e. The van der Waals surface area contributed by atoms with Crippen LogP contribution in [0.15, 0.2) is 0 Å². The van der Waals surface area contributed by atoms with Gasteiger partial charge >= 0.3 is 0 Å². The van der Waals surface area contributed by atoms with Crippen LogP contribution < -0.4 is 16.0 Å². The highest BCUT2D eigenvalue weighted by Gasteiger charge is 2.17. The molecule has 6 heteroatoms. The summed E-state index contributed by atoms with van der Waals surface area (Å²) in [5.74, 6) is 2.08. The van der Waals surface area contributed by atoms with E-state index in [0.29, 0.717) is 0 Å². The monoisotopic (exact) mass is 293 g/mol. The lowest BCUT2D eigenvalue weighted by Crippen LogP contribution is -2.36. The average molecular weight is 293 g/mol. The third-order valence-corrected chi connectivity index (χ3v) is 3.25. The lowest BCUT2D eigenvalue weighted by Gasteiger charge is -2.25. The molecule has 0 aliphatic carbocycles. The Bertz CT molecular complexity index is 475. The number of aryl methyl sites for hydroxylation is 1.